The third kappa shape index (κ3) is 5.11. The second kappa shape index (κ2) is 7.93. The lowest BCUT2D eigenvalue weighted by atomic mass is 10.2. The molecule has 0 spiro atoms. The first-order valence-electron chi connectivity index (χ1n) is 4.50. The lowest BCUT2D eigenvalue weighted by Crippen LogP contribution is -2.06. The molecule has 6 nitrogen and oxygen atoms in total. The minimum atomic E-state index is -0.922. The van der Waals surface area contributed by atoms with Crippen molar-refractivity contribution in [1.29, 1.82) is 0 Å². The summed E-state index contributed by atoms with van der Waals surface area (Å²) in [5.74, 6) is -1.26. The van der Waals surface area contributed by atoms with Gasteiger partial charge in [0.2, 0.25) is 5.70 Å². The van der Waals surface area contributed by atoms with Crippen LogP contribution in [0.2, 0.25) is 0 Å². The van der Waals surface area contributed by atoms with Crippen molar-refractivity contribution in [2.24, 2.45) is 5.18 Å². The van der Waals surface area contributed by atoms with Crippen LogP contribution in [0.1, 0.15) is 19.3 Å². The van der Waals surface area contributed by atoms with E-state index >= 15 is 0 Å². The molecule has 0 aliphatic rings. The second-order valence-corrected chi connectivity index (χ2v) is 2.83. The summed E-state index contributed by atoms with van der Waals surface area (Å²) in [6.45, 7) is 0.565. The van der Waals surface area contributed by atoms with E-state index in [1.54, 1.807) is 7.11 Å². The number of nitrogens with zero attached hydrogens (tertiary/aromatic N) is 1. The molecule has 0 aromatic heterocycles. The van der Waals surface area contributed by atoms with Gasteiger partial charge in [-0.3, -0.25) is 0 Å². The number of unbranched alkanes of at least 4 members (excludes halogenated alkanes) is 1. The average molecular weight is 217 g/mol. The summed E-state index contributed by atoms with van der Waals surface area (Å²) in [5.41, 5.74) is -0.560. The molecule has 0 rings (SSSR count). The van der Waals surface area contributed by atoms with Gasteiger partial charge in [-0.25, -0.2) is 4.79 Å². The first kappa shape index (κ1) is 13.6. The van der Waals surface area contributed by atoms with Crippen molar-refractivity contribution in [2.45, 2.75) is 19.3 Å². The van der Waals surface area contributed by atoms with E-state index < -0.39 is 11.7 Å². The number of carbonyl (C=O) groups is 1. The van der Waals surface area contributed by atoms with Crippen LogP contribution in [0, 0.1) is 4.91 Å². The first-order chi connectivity index (χ1) is 7.17. The number of hydrogen-bond donors (Lipinski definition) is 1. The van der Waals surface area contributed by atoms with Crippen LogP contribution in [-0.2, 0) is 14.3 Å². The van der Waals surface area contributed by atoms with E-state index in [9.17, 15) is 14.8 Å². The van der Waals surface area contributed by atoms with Crippen LogP contribution >= 0.6 is 0 Å². The third-order valence-corrected chi connectivity index (χ3v) is 1.76. The average Bonchev–Trinajstić information content (AvgIpc) is 2.25. The van der Waals surface area contributed by atoms with Crippen molar-refractivity contribution in [2.75, 3.05) is 20.8 Å². The number of nitroso groups, excluding NO2 is 1. The van der Waals surface area contributed by atoms with E-state index in [-0.39, 0.29) is 12.2 Å². The highest BCUT2D eigenvalue weighted by molar-refractivity contribution is 5.88. The second-order valence-electron chi connectivity index (χ2n) is 2.83. The minimum absolute atomic E-state index is 0.208. The molecular weight excluding hydrogens is 202 g/mol. The Bertz CT molecular complexity index is 249. The van der Waals surface area contributed by atoms with Gasteiger partial charge in [-0.1, -0.05) is 0 Å². The molecule has 6 heteroatoms. The quantitative estimate of drug-likeness (QED) is 0.230. The highest BCUT2D eigenvalue weighted by atomic mass is 16.5. The molecular formula is C9H15NO5. The SMILES string of the molecule is COCCCCC(O)=C(N=O)C(=O)OC. The van der Waals surface area contributed by atoms with Gasteiger partial charge < -0.3 is 14.6 Å². The van der Waals surface area contributed by atoms with Gasteiger partial charge in [-0.05, 0) is 18.0 Å². The zero-order valence-corrected chi connectivity index (χ0v) is 8.86. The number of aliphatic hydroxyl groups excluding tert-OH is 1. The van der Waals surface area contributed by atoms with Crippen LogP contribution < -0.4 is 0 Å². The van der Waals surface area contributed by atoms with Crippen LogP contribution in [-0.4, -0.2) is 31.9 Å². The van der Waals surface area contributed by atoms with Crippen molar-refractivity contribution in [3.8, 4) is 0 Å². The molecule has 0 bridgehead atoms. The highest BCUT2D eigenvalue weighted by Gasteiger charge is 2.16. The van der Waals surface area contributed by atoms with Crippen molar-refractivity contribution in [3.05, 3.63) is 16.4 Å². The molecule has 0 aromatic rings. The van der Waals surface area contributed by atoms with Crippen molar-refractivity contribution < 1.29 is 19.4 Å². The molecule has 0 saturated carbocycles. The number of aliphatic hydroxyl groups is 1. The third-order valence-electron chi connectivity index (χ3n) is 1.76. The van der Waals surface area contributed by atoms with E-state index in [0.29, 0.717) is 13.0 Å². The summed E-state index contributed by atoms with van der Waals surface area (Å²) < 4.78 is 9.08. The molecule has 0 aliphatic carbocycles. The van der Waals surface area contributed by atoms with E-state index in [0.717, 1.165) is 13.5 Å². The van der Waals surface area contributed by atoms with Crippen LogP contribution in [0.15, 0.2) is 16.6 Å². The molecule has 0 atom stereocenters. The lowest BCUT2D eigenvalue weighted by Gasteiger charge is -2.02. The number of ether oxygens (including phenoxy) is 2. The van der Waals surface area contributed by atoms with Gasteiger partial charge in [-0.2, -0.15) is 0 Å². The Labute approximate surface area is 87.8 Å². The predicted octanol–water partition coefficient (Wildman–Crippen LogP) is 1.51. The largest absolute Gasteiger partial charge is 0.510 e. The lowest BCUT2D eigenvalue weighted by molar-refractivity contribution is -0.136. The number of rotatable bonds is 7. The Kier molecular flexibility index (Phi) is 7.17. The van der Waals surface area contributed by atoms with Crippen molar-refractivity contribution >= 4 is 5.97 Å². The van der Waals surface area contributed by atoms with Crippen LogP contribution in [0.5, 0.6) is 0 Å². The Morgan fingerprint density at radius 3 is 2.47 bits per heavy atom. The molecule has 0 aromatic carbocycles. The van der Waals surface area contributed by atoms with Gasteiger partial charge in [-0.15, -0.1) is 4.91 Å². The Balaban J connectivity index is 4.20. The number of methoxy groups -OCH3 is 2. The summed E-state index contributed by atoms with van der Waals surface area (Å²) in [6.07, 6.45) is 1.54. The number of esters is 1. The van der Waals surface area contributed by atoms with Gasteiger partial charge in [0.25, 0.3) is 0 Å². The molecule has 1 N–H and O–H groups in total. The fraction of sp³-hybridized carbons (Fsp3) is 0.667. The number of carbonyl (C=O) groups excluding carboxylic acids is 1. The number of allylic oxidation sites excluding steroid dienone is 1. The summed E-state index contributed by atoms with van der Waals surface area (Å²) in [5, 5.41) is 11.8. The summed E-state index contributed by atoms with van der Waals surface area (Å²) in [4.78, 5) is 21.2. The maximum absolute atomic E-state index is 10.9. The van der Waals surface area contributed by atoms with Crippen LogP contribution in [0.4, 0.5) is 0 Å². The molecule has 0 fully saturated rings. The maximum atomic E-state index is 10.9. The Hall–Kier alpha value is -1.43. The van der Waals surface area contributed by atoms with E-state index in [2.05, 4.69) is 9.91 Å². The molecule has 0 amide bonds. The molecule has 0 radical (unpaired) electrons. The van der Waals surface area contributed by atoms with Crippen LogP contribution in [0.25, 0.3) is 0 Å². The first-order valence-corrected chi connectivity index (χ1v) is 4.50. The van der Waals surface area contributed by atoms with Gasteiger partial charge in [0, 0.05) is 20.1 Å². The van der Waals surface area contributed by atoms with Crippen molar-refractivity contribution in [1.82, 2.24) is 0 Å². The summed E-state index contributed by atoms with van der Waals surface area (Å²) in [7, 11) is 2.69. The maximum Gasteiger partial charge on any atom is 0.363 e. The fourth-order valence-electron chi connectivity index (χ4n) is 0.962. The zero-order valence-electron chi connectivity index (χ0n) is 8.86. The standard InChI is InChI=1S/C9H15NO5/c1-14-6-4-3-5-7(11)8(10-13)9(12)15-2/h11H,3-6H2,1-2H3. The predicted molar refractivity (Wildman–Crippen MR) is 53.2 cm³/mol. The van der Waals surface area contributed by atoms with E-state index in [1.807, 2.05) is 0 Å². The Morgan fingerprint density at radius 2 is 2.00 bits per heavy atom. The molecule has 86 valence electrons. The fourth-order valence-corrected chi connectivity index (χ4v) is 0.962. The topological polar surface area (TPSA) is 85.2 Å². The molecule has 0 saturated heterocycles. The summed E-state index contributed by atoms with van der Waals surface area (Å²) in [6, 6.07) is 0. The van der Waals surface area contributed by atoms with E-state index in [1.165, 1.54) is 0 Å². The minimum Gasteiger partial charge on any atom is -0.510 e. The molecule has 15 heavy (non-hydrogen) atoms. The smallest absolute Gasteiger partial charge is 0.363 e. The van der Waals surface area contributed by atoms with Gasteiger partial charge in [0.15, 0.2) is 0 Å². The van der Waals surface area contributed by atoms with E-state index in [4.69, 9.17) is 4.74 Å². The Morgan fingerprint density at radius 1 is 1.33 bits per heavy atom. The molecule has 0 aliphatic heterocycles. The number of hydrogen-bond acceptors (Lipinski definition) is 6. The van der Waals surface area contributed by atoms with Crippen molar-refractivity contribution in [3.63, 3.8) is 0 Å². The highest BCUT2D eigenvalue weighted by Crippen LogP contribution is 2.12. The van der Waals surface area contributed by atoms with Gasteiger partial charge >= 0.3 is 5.97 Å². The monoisotopic (exact) mass is 217 g/mol. The summed E-state index contributed by atoms with van der Waals surface area (Å²) >= 11 is 0. The zero-order chi connectivity index (χ0) is 11.7. The van der Waals surface area contributed by atoms with Gasteiger partial charge in [0.1, 0.15) is 5.76 Å². The van der Waals surface area contributed by atoms with Crippen LogP contribution in [0.3, 0.4) is 0 Å². The molecule has 0 unspecified atom stereocenters. The van der Waals surface area contributed by atoms with Gasteiger partial charge in [0.05, 0.1) is 7.11 Å². The normalized spacial score (nSPS) is 11.9. The molecule has 0 heterocycles.